The number of hydrogen-bond donors (Lipinski definition) is 1. The van der Waals surface area contributed by atoms with E-state index in [1.807, 2.05) is 20.2 Å². The molecule has 0 saturated heterocycles. The first-order valence-corrected chi connectivity index (χ1v) is 6.83. The van der Waals surface area contributed by atoms with Crippen LogP contribution < -0.4 is 5.32 Å². The van der Waals surface area contributed by atoms with Crippen molar-refractivity contribution in [3.63, 3.8) is 0 Å². The van der Waals surface area contributed by atoms with Crippen molar-refractivity contribution in [1.82, 2.24) is 14.8 Å². The quantitative estimate of drug-likeness (QED) is 0.907. The summed E-state index contributed by atoms with van der Waals surface area (Å²) in [6.07, 6.45) is 3.32. The van der Waals surface area contributed by atoms with Gasteiger partial charge in [-0.2, -0.15) is 10.4 Å². The molecule has 0 amide bonds. The topological polar surface area (TPSA) is 66.5 Å². The van der Waals surface area contributed by atoms with Crippen LogP contribution in [0.3, 0.4) is 0 Å². The Kier molecular flexibility index (Phi) is 3.93. The fourth-order valence-corrected chi connectivity index (χ4v) is 2.23. The van der Waals surface area contributed by atoms with Gasteiger partial charge in [0.2, 0.25) is 0 Å². The Balaban J connectivity index is 2.11. The number of fused-ring (bicyclic) bond motifs is 1. The molecule has 0 spiro atoms. The lowest BCUT2D eigenvalue weighted by Gasteiger charge is -2.24. The van der Waals surface area contributed by atoms with Crippen molar-refractivity contribution in [2.45, 2.75) is 33.6 Å². The van der Waals surface area contributed by atoms with E-state index in [1.165, 1.54) is 0 Å². The summed E-state index contributed by atoms with van der Waals surface area (Å²) in [5.74, 6) is 0. The first-order valence-electron chi connectivity index (χ1n) is 6.83. The minimum Gasteiger partial charge on any atom is -0.383 e. The molecule has 2 aromatic heterocycles. The first kappa shape index (κ1) is 14.3. The molecule has 0 aliphatic carbocycles. The zero-order chi connectivity index (χ0) is 14.8. The molecule has 5 heteroatoms. The van der Waals surface area contributed by atoms with Gasteiger partial charge in [0.25, 0.3) is 0 Å². The molecule has 2 aromatic rings. The lowest BCUT2D eigenvalue weighted by molar-refractivity contribution is 0.364. The SMILES string of the molecule is Cc1nn(C)c2ncc(NCC(C)(C)CCC#N)cc12. The molecule has 20 heavy (non-hydrogen) atoms. The number of anilines is 1. The minimum absolute atomic E-state index is 0.0919. The van der Waals surface area contributed by atoms with Crippen LogP contribution in [0.1, 0.15) is 32.4 Å². The third-order valence-corrected chi connectivity index (χ3v) is 3.55. The Bertz CT molecular complexity index is 648. The maximum Gasteiger partial charge on any atom is 0.157 e. The van der Waals surface area contributed by atoms with E-state index in [9.17, 15) is 0 Å². The average Bonchev–Trinajstić information content (AvgIpc) is 2.70. The predicted octanol–water partition coefficient (Wildman–Crippen LogP) is 3.02. The van der Waals surface area contributed by atoms with Crippen LogP contribution >= 0.6 is 0 Å². The summed E-state index contributed by atoms with van der Waals surface area (Å²) in [5, 5.41) is 17.5. The highest BCUT2D eigenvalue weighted by atomic mass is 15.3. The van der Waals surface area contributed by atoms with Gasteiger partial charge < -0.3 is 5.32 Å². The Morgan fingerprint density at radius 1 is 1.45 bits per heavy atom. The second-order valence-corrected chi connectivity index (χ2v) is 5.98. The van der Waals surface area contributed by atoms with Crippen LogP contribution in [0.5, 0.6) is 0 Å². The molecule has 2 heterocycles. The molecule has 0 saturated carbocycles. The summed E-state index contributed by atoms with van der Waals surface area (Å²) >= 11 is 0. The van der Waals surface area contributed by atoms with E-state index >= 15 is 0 Å². The highest BCUT2D eigenvalue weighted by Crippen LogP contribution is 2.24. The molecule has 0 aliphatic rings. The van der Waals surface area contributed by atoms with Gasteiger partial charge in [-0.3, -0.25) is 4.68 Å². The van der Waals surface area contributed by atoms with Crippen LogP contribution in [0.25, 0.3) is 11.0 Å². The van der Waals surface area contributed by atoms with Gasteiger partial charge in [-0.25, -0.2) is 4.98 Å². The fraction of sp³-hybridized carbons (Fsp3) is 0.533. The highest BCUT2D eigenvalue weighted by molar-refractivity contribution is 5.81. The summed E-state index contributed by atoms with van der Waals surface area (Å²) in [7, 11) is 1.90. The lowest BCUT2D eigenvalue weighted by atomic mass is 9.88. The largest absolute Gasteiger partial charge is 0.383 e. The number of aromatic nitrogens is 3. The van der Waals surface area contributed by atoms with Gasteiger partial charge in [0.05, 0.1) is 23.6 Å². The molecule has 5 nitrogen and oxygen atoms in total. The third-order valence-electron chi connectivity index (χ3n) is 3.55. The molecule has 106 valence electrons. The number of nitriles is 1. The monoisotopic (exact) mass is 271 g/mol. The summed E-state index contributed by atoms with van der Waals surface area (Å²) in [4.78, 5) is 4.45. The van der Waals surface area contributed by atoms with Crippen LogP contribution in [-0.4, -0.2) is 21.3 Å². The van der Waals surface area contributed by atoms with Crippen molar-refractivity contribution >= 4 is 16.7 Å². The number of aryl methyl sites for hydroxylation is 2. The van der Waals surface area contributed by atoms with Crippen molar-refractivity contribution in [3.8, 4) is 6.07 Å². The van der Waals surface area contributed by atoms with Crippen molar-refractivity contribution in [2.24, 2.45) is 12.5 Å². The zero-order valence-corrected chi connectivity index (χ0v) is 12.6. The van der Waals surface area contributed by atoms with E-state index in [4.69, 9.17) is 5.26 Å². The van der Waals surface area contributed by atoms with Crippen LogP contribution in [0, 0.1) is 23.7 Å². The van der Waals surface area contributed by atoms with Crippen LogP contribution in [0.15, 0.2) is 12.3 Å². The second kappa shape index (κ2) is 5.49. The summed E-state index contributed by atoms with van der Waals surface area (Å²) in [6.45, 7) is 7.14. The van der Waals surface area contributed by atoms with Crippen molar-refractivity contribution < 1.29 is 0 Å². The Morgan fingerprint density at radius 3 is 2.90 bits per heavy atom. The molecule has 0 aliphatic heterocycles. The number of pyridine rings is 1. The summed E-state index contributed by atoms with van der Waals surface area (Å²) < 4.78 is 1.80. The minimum atomic E-state index is 0.0919. The Hall–Kier alpha value is -2.09. The second-order valence-electron chi connectivity index (χ2n) is 5.98. The van der Waals surface area contributed by atoms with Gasteiger partial charge in [0, 0.05) is 25.4 Å². The van der Waals surface area contributed by atoms with Gasteiger partial charge >= 0.3 is 0 Å². The van der Waals surface area contributed by atoms with Gasteiger partial charge in [-0.05, 0) is 24.8 Å². The average molecular weight is 271 g/mol. The van der Waals surface area contributed by atoms with Gasteiger partial charge in [0.15, 0.2) is 5.65 Å². The van der Waals surface area contributed by atoms with Crippen molar-refractivity contribution in [3.05, 3.63) is 18.0 Å². The zero-order valence-electron chi connectivity index (χ0n) is 12.6. The molecular formula is C15H21N5. The van der Waals surface area contributed by atoms with E-state index in [2.05, 4.69) is 41.4 Å². The van der Waals surface area contributed by atoms with Crippen LogP contribution in [-0.2, 0) is 7.05 Å². The highest BCUT2D eigenvalue weighted by Gasteiger charge is 2.17. The van der Waals surface area contributed by atoms with Crippen LogP contribution in [0.2, 0.25) is 0 Å². The smallest absolute Gasteiger partial charge is 0.157 e. The van der Waals surface area contributed by atoms with Gasteiger partial charge in [-0.15, -0.1) is 0 Å². The predicted molar refractivity (Wildman–Crippen MR) is 80.4 cm³/mol. The number of hydrogen-bond acceptors (Lipinski definition) is 4. The van der Waals surface area contributed by atoms with Crippen molar-refractivity contribution in [2.75, 3.05) is 11.9 Å². The van der Waals surface area contributed by atoms with E-state index in [0.717, 1.165) is 35.4 Å². The molecule has 1 N–H and O–H groups in total. The van der Waals surface area contributed by atoms with E-state index in [-0.39, 0.29) is 5.41 Å². The van der Waals surface area contributed by atoms with Gasteiger partial charge in [0.1, 0.15) is 0 Å². The Labute approximate surface area is 119 Å². The number of rotatable bonds is 5. The maximum absolute atomic E-state index is 8.68. The summed E-state index contributed by atoms with van der Waals surface area (Å²) in [5.41, 5.74) is 2.98. The van der Waals surface area contributed by atoms with Gasteiger partial charge in [-0.1, -0.05) is 13.8 Å². The number of nitrogens with zero attached hydrogens (tertiary/aromatic N) is 4. The third kappa shape index (κ3) is 3.08. The van der Waals surface area contributed by atoms with E-state index < -0.39 is 0 Å². The first-order chi connectivity index (χ1) is 9.43. The lowest BCUT2D eigenvalue weighted by Crippen LogP contribution is -2.22. The molecule has 0 bridgehead atoms. The summed E-state index contributed by atoms with van der Waals surface area (Å²) in [6, 6.07) is 4.29. The van der Waals surface area contributed by atoms with E-state index in [1.54, 1.807) is 4.68 Å². The van der Waals surface area contributed by atoms with Crippen LogP contribution in [0.4, 0.5) is 5.69 Å². The Morgan fingerprint density at radius 2 is 2.20 bits per heavy atom. The molecule has 0 aromatic carbocycles. The van der Waals surface area contributed by atoms with E-state index in [0.29, 0.717) is 6.42 Å². The molecule has 0 atom stereocenters. The molecular weight excluding hydrogens is 250 g/mol. The molecule has 0 radical (unpaired) electrons. The number of nitrogens with one attached hydrogen (secondary N) is 1. The van der Waals surface area contributed by atoms with Crippen molar-refractivity contribution in [1.29, 1.82) is 5.26 Å². The fourth-order valence-electron chi connectivity index (χ4n) is 2.23. The standard InChI is InChI=1S/C15H21N5/c1-11-13-8-12(9-17-14(13)20(4)19-11)18-10-15(2,3)6-5-7-16/h8-9,18H,5-6,10H2,1-4H3. The normalized spacial score (nSPS) is 11.6. The molecule has 0 unspecified atom stereocenters. The molecule has 0 fully saturated rings. The molecule has 2 rings (SSSR count). The maximum atomic E-state index is 8.68.